The van der Waals surface area contributed by atoms with Gasteiger partial charge in [0.25, 0.3) is 5.66 Å². The summed E-state index contributed by atoms with van der Waals surface area (Å²) in [7, 11) is -6.06. The van der Waals surface area contributed by atoms with Gasteiger partial charge >= 0.3 is 0 Å². The van der Waals surface area contributed by atoms with Crippen molar-refractivity contribution in [3.63, 3.8) is 0 Å². The van der Waals surface area contributed by atoms with Gasteiger partial charge in [0, 0.05) is 29.1 Å². The number of thioether (sulfide) groups is 1. The predicted molar refractivity (Wildman–Crippen MR) is 87.1 cm³/mol. The predicted octanol–water partition coefficient (Wildman–Crippen LogP) is 3.85. The molecule has 0 unspecified atom stereocenters. The van der Waals surface area contributed by atoms with Crippen molar-refractivity contribution >= 4 is 35.3 Å². The zero-order valence-corrected chi connectivity index (χ0v) is 15.0. The molecule has 124 valence electrons. The minimum absolute atomic E-state index is 0.0905. The maximum Gasteiger partial charge on any atom is 0.297 e. The fraction of sp³-hybridized carbons (Fsp3) is 0.200. The van der Waals surface area contributed by atoms with E-state index < -0.39 is 18.8 Å². The second-order valence-corrected chi connectivity index (χ2v) is 8.23. The molecule has 3 nitrogen and oxygen atoms in total. The molecule has 8 heteroatoms. The van der Waals surface area contributed by atoms with Gasteiger partial charge in [-0.3, -0.25) is 0 Å². The second kappa shape index (κ2) is 7.45. The molecule has 0 aliphatic heterocycles. The molecule has 2 rings (SSSR count). The maximum atomic E-state index is 13.6. The molecule has 0 radical (unpaired) electrons. The van der Waals surface area contributed by atoms with Crippen LogP contribution in [0.1, 0.15) is 16.7 Å². The fourth-order valence-electron chi connectivity index (χ4n) is 1.90. The van der Waals surface area contributed by atoms with E-state index >= 15 is 0 Å². The number of halogens is 3. The Labute approximate surface area is 145 Å². The van der Waals surface area contributed by atoms with E-state index in [2.05, 4.69) is 15.9 Å². The Bertz CT molecular complexity index is 722. The summed E-state index contributed by atoms with van der Waals surface area (Å²) in [5.41, 5.74) is -3.35. The van der Waals surface area contributed by atoms with E-state index in [0.717, 1.165) is 22.9 Å². The molecule has 0 bridgehead atoms. The molecule has 2 aromatic carbocycles. The van der Waals surface area contributed by atoms with Crippen molar-refractivity contribution in [3.05, 3.63) is 69.7 Å². The summed E-state index contributed by atoms with van der Waals surface area (Å²) < 4.78 is 37.8. The standard InChI is InChI=1S/C15H14BrF2O3PS/c16-14-8-12(10-23-9-11-4-2-1-3-5-11)6-7-13(14)15(17,18)22(19,20)21/h1-8H,9-10H2,(H2,19,20,21)/p-2. The molecule has 0 aliphatic carbocycles. The first kappa shape index (κ1) is 18.6. The van der Waals surface area contributed by atoms with E-state index in [1.807, 2.05) is 30.3 Å². The Hall–Kier alpha value is -0.720. The third kappa shape index (κ3) is 4.64. The topological polar surface area (TPSA) is 63.2 Å². The zero-order chi connectivity index (χ0) is 17.1. The van der Waals surface area contributed by atoms with E-state index in [-0.39, 0.29) is 4.47 Å². The van der Waals surface area contributed by atoms with Crippen molar-refractivity contribution in [2.45, 2.75) is 17.2 Å². The Morgan fingerprint density at radius 1 is 1.04 bits per heavy atom. The van der Waals surface area contributed by atoms with Gasteiger partial charge in [-0.15, -0.1) is 0 Å². The van der Waals surface area contributed by atoms with Gasteiger partial charge in [0.2, 0.25) is 0 Å². The van der Waals surface area contributed by atoms with E-state index in [0.29, 0.717) is 5.75 Å². The lowest BCUT2D eigenvalue weighted by molar-refractivity contribution is -0.335. The van der Waals surface area contributed by atoms with Crippen LogP contribution in [-0.2, 0) is 21.7 Å². The molecule has 0 atom stereocenters. The molecule has 0 aromatic heterocycles. The van der Waals surface area contributed by atoms with Crippen LogP contribution in [0.3, 0.4) is 0 Å². The van der Waals surface area contributed by atoms with Crippen LogP contribution in [0.25, 0.3) is 0 Å². The van der Waals surface area contributed by atoms with Gasteiger partial charge in [-0.25, -0.2) is 0 Å². The zero-order valence-electron chi connectivity index (χ0n) is 11.7. The van der Waals surface area contributed by atoms with Crippen LogP contribution in [0.4, 0.5) is 8.78 Å². The molecule has 0 heterocycles. The van der Waals surface area contributed by atoms with Gasteiger partial charge < -0.3 is 14.4 Å². The lowest BCUT2D eigenvalue weighted by atomic mass is 10.1. The molecular formula is C15H12BrF2O3PS-2. The van der Waals surface area contributed by atoms with Crippen LogP contribution in [0.5, 0.6) is 0 Å². The van der Waals surface area contributed by atoms with Crippen LogP contribution in [0, 0.1) is 0 Å². The molecule has 0 fully saturated rings. The van der Waals surface area contributed by atoms with E-state index in [1.54, 1.807) is 11.8 Å². The van der Waals surface area contributed by atoms with Crippen LogP contribution in [0.2, 0.25) is 0 Å². The molecule has 0 saturated carbocycles. The van der Waals surface area contributed by atoms with Crippen molar-refractivity contribution in [1.29, 1.82) is 0 Å². The summed E-state index contributed by atoms with van der Waals surface area (Å²) in [6, 6.07) is 13.6. The van der Waals surface area contributed by atoms with Crippen molar-refractivity contribution in [1.82, 2.24) is 0 Å². The number of rotatable bonds is 6. The molecule has 0 aliphatic rings. The van der Waals surface area contributed by atoms with Gasteiger partial charge in [-0.05, 0) is 17.2 Å². The molecular weight excluding hydrogens is 409 g/mol. The smallest absolute Gasteiger partial charge is 0.297 e. The average molecular weight is 421 g/mol. The highest BCUT2D eigenvalue weighted by molar-refractivity contribution is 9.10. The molecule has 0 saturated heterocycles. The second-order valence-electron chi connectivity index (χ2n) is 4.83. The number of hydrogen-bond acceptors (Lipinski definition) is 4. The quantitative estimate of drug-likeness (QED) is 0.665. The number of hydrogen-bond donors (Lipinski definition) is 0. The highest BCUT2D eigenvalue weighted by atomic mass is 79.9. The van der Waals surface area contributed by atoms with Gasteiger partial charge in [-0.2, -0.15) is 20.5 Å². The third-order valence-corrected chi connectivity index (χ3v) is 5.74. The average Bonchev–Trinajstić information content (AvgIpc) is 2.47. The Morgan fingerprint density at radius 3 is 2.22 bits per heavy atom. The van der Waals surface area contributed by atoms with Crippen molar-refractivity contribution in [2.24, 2.45) is 0 Å². The summed E-state index contributed by atoms with van der Waals surface area (Å²) in [4.78, 5) is 21.4. The van der Waals surface area contributed by atoms with Crippen LogP contribution in [0.15, 0.2) is 53.0 Å². The maximum absolute atomic E-state index is 13.6. The largest absolute Gasteiger partial charge is 0.806 e. The first-order valence-corrected chi connectivity index (χ1v) is 10.0. The van der Waals surface area contributed by atoms with Gasteiger partial charge in [0.15, 0.2) is 0 Å². The summed E-state index contributed by atoms with van der Waals surface area (Å²) >= 11 is 4.52. The normalized spacial score (nSPS) is 12.4. The molecule has 0 N–H and O–H groups in total. The SMILES string of the molecule is O=P([O-])([O-])C(F)(F)c1ccc(CSCc2ccccc2)cc1Br. The van der Waals surface area contributed by atoms with Crippen LogP contribution >= 0.6 is 35.3 Å². The van der Waals surface area contributed by atoms with Gasteiger partial charge in [0.05, 0.1) is 0 Å². The minimum atomic E-state index is -6.06. The first-order valence-electron chi connectivity index (χ1n) is 6.52. The molecule has 0 spiro atoms. The third-order valence-electron chi connectivity index (χ3n) is 3.08. The van der Waals surface area contributed by atoms with Crippen LogP contribution < -0.4 is 9.79 Å². The van der Waals surface area contributed by atoms with E-state index in [9.17, 15) is 23.1 Å². The molecule has 2 aromatic rings. The summed E-state index contributed by atoms with van der Waals surface area (Å²) in [6.45, 7) is 0. The lowest BCUT2D eigenvalue weighted by Gasteiger charge is -2.38. The van der Waals surface area contributed by atoms with Gasteiger partial charge in [0.1, 0.15) is 0 Å². The Morgan fingerprint density at radius 2 is 1.65 bits per heavy atom. The summed E-state index contributed by atoms with van der Waals surface area (Å²) in [6.07, 6.45) is 0. The number of benzene rings is 2. The Kier molecular flexibility index (Phi) is 6.03. The Balaban J connectivity index is 2.06. The van der Waals surface area contributed by atoms with Crippen molar-refractivity contribution < 1.29 is 23.1 Å². The van der Waals surface area contributed by atoms with E-state index in [4.69, 9.17) is 0 Å². The fourth-order valence-corrected chi connectivity index (χ4v) is 4.16. The first-order chi connectivity index (χ1) is 10.7. The van der Waals surface area contributed by atoms with E-state index in [1.165, 1.54) is 12.1 Å². The summed E-state index contributed by atoms with van der Waals surface area (Å²) in [5.74, 6) is 1.35. The van der Waals surface area contributed by atoms with Gasteiger partial charge in [-0.1, -0.05) is 58.4 Å². The molecule has 0 amide bonds. The van der Waals surface area contributed by atoms with Crippen molar-refractivity contribution in [2.75, 3.05) is 0 Å². The lowest BCUT2D eigenvalue weighted by Crippen LogP contribution is -2.30. The summed E-state index contributed by atoms with van der Waals surface area (Å²) in [5, 5.41) is 0. The monoisotopic (exact) mass is 420 g/mol. The van der Waals surface area contributed by atoms with Crippen LogP contribution in [-0.4, -0.2) is 0 Å². The van der Waals surface area contributed by atoms with Crippen molar-refractivity contribution in [3.8, 4) is 0 Å². The highest BCUT2D eigenvalue weighted by Crippen LogP contribution is 2.54. The highest BCUT2D eigenvalue weighted by Gasteiger charge is 2.37. The number of alkyl halides is 2. The molecule has 23 heavy (non-hydrogen) atoms. The minimum Gasteiger partial charge on any atom is -0.806 e.